The minimum atomic E-state index is 0.568. The van der Waals surface area contributed by atoms with Crippen LogP contribution in [0.3, 0.4) is 0 Å². The summed E-state index contributed by atoms with van der Waals surface area (Å²) in [7, 11) is 0. The van der Waals surface area contributed by atoms with Gasteiger partial charge in [-0.1, -0.05) is 38.1 Å². The standard InChI is InChI=1S/C16H19N/c1-5-12(4)16-15-7-6-13(11(2)3)10-14(15)8-9-17-16/h5-11H,1-4H3/b12-5+. The Kier molecular flexibility index (Phi) is 3.28. The molecule has 1 aromatic carbocycles. The summed E-state index contributed by atoms with van der Waals surface area (Å²) in [6.07, 6.45) is 4.01. The van der Waals surface area contributed by atoms with Crippen LogP contribution in [0.5, 0.6) is 0 Å². The number of aromatic nitrogens is 1. The van der Waals surface area contributed by atoms with Crippen LogP contribution < -0.4 is 0 Å². The lowest BCUT2D eigenvalue weighted by Crippen LogP contribution is -1.91. The molecule has 0 amide bonds. The van der Waals surface area contributed by atoms with Gasteiger partial charge in [0, 0.05) is 11.6 Å². The van der Waals surface area contributed by atoms with Crippen molar-refractivity contribution >= 4 is 16.3 Å². The van der Waals surface area contributed by atoms with Gasteiger partial charge in [-0.15, -0.1) is 0 Å². The molecule has 0 aliphatic carbocycles. The highest BCUT2D eigenvalue weighted by molar-refractivity contribution is 5.92. The third-order valence-corrected chi connectivity index (χ3v) is 3.26. The number of fused-ring (bicyclic) bond motifs is 1. The molecule has 1 heteroatoms. The first-order valence-electron chi connectivity index (χ1n) is 6.15. The van der Waals surface area contributed by atoms with Crippen molar-refractivity contribution in [2.45, 2.75) is 33.6 Å². The maximum atomic E-state index is 4.48. The van der Waals surface area contributed by atoms with Crippen molar-refractivity contribution < 1.29 is 0 Å². The fourth-order valence-corrected chi connectivity index (χ4v) is 2.01. The van der Waals surface area contributed by atoms with Gasteiger partial charge in [-0.3, -0.25) is 4.98 Å². The average molecular weight is 225 g/mol. The van der Waals surface area contributed by atoms with Gasteiger partial charge in [0.25, 0.3) is 0 Å². The van der Waals surface area contributed by atoms with Crippen LogP contribution in [0.25, 0.3) is 16.3 Å². The van der Waals surface area contributed by atoms with Gasteiger partial charge in [-0.25, -0.2) is 0 Å². The Morgan fingerprint density at radius 2 is 2.00 bits per heavy atom. The fraction of sp³-hybridized carbons (Fsp3) is 0.312. The first kappa shape index (κ1) is 11.8. The smallest absolute Gasteiger partial charge is 0.0733 e. The van der Waals surface area contributed by atoms with E-state index in [1.54, 1.807) is 0 Å². The third-order valence-electron chi connectivity index (χ3n) is 3.26. The molecule has 2 rings (SSSR count). The quantitative estimate of drug-likeness (QED) is 0.716. The van der Waals surface area contributed by atoms with Gasteiger partial charge in [0.05, 0.1) is 5.69 Å². The second-order valence-corrected chi connectivity index (χ2v) is 4.77. The number of pyridine rings is 1. The Bertz CT molecular complexity index is 565. The van der Waals surface area contributed by atoms with Crippen LogP contribution >= 0.6 is 0 Å². The lowest BCUT2D eigenvalue weighted by atomic mass is 9.98. The van der Waals surface area contributed by atoms with Gasteiger partial charge in [0.1, 0.15) is 0 Å². The van der Waals surface area contributed by atoms with Gasteiger partial charge in [0.2, 0.25) is 0 Å². The minimum Gasteiger partial charge on any atom is -0.256 e. The van der Waals surface area contributed by atoms with Crippen LogP contribution in [0.4, 0.5) is 0 Å². The summed E-state index contributed by atoms with van der Waals surface area (Å²) in [5.74, 6) is 0.568. The van der Waals surface area contributed by atoms with E-state index in [4.69, 9.17) is 0 Å². The lowest BCUT2D eigenvalue weighted by molar-refractivity contribution is 0.868. The topological polar surface area (TPSA) is 12.9 Å². The Labute approximate surface area is 103 Å². The molecule has 0 N–H and O–H groups in total. The molecule has 88 valence electrons. The maximum absolute atomic E-state index is 4.48. The number of hydrogen-bond acceptors (Lipinski definition) is 1. The summed E-state index contributed by atoms with van der Waals surface area (Å²) in [6.45, 7) is 8.61. The van der Waals surface area contributed by atoms with Gasteiger partial charge >= 0.3 is 0 Å². The summed E-state index contributed by atoms with van der Waals surface area (Å²) in [6, 6.07) is 8.77. The molecule has 0 aliphatic rings. The van der Waals surface area contributed by atoms with E-state index in [0.717, 1.165) is 5.69 Å². The largest absolute Gasteiger partial charge is 0.256 e. The number of allylic oxidation sites excluding steroid dienone is 2. The van der Waals surface area contributed by atoms with Crippen molar-refractivity contribution in [2.24, 2.45) is 0 Å². The van der Waals surface area contributed by atoms with Crippen LogP contribution in [0, 0.1) is 0 Å². The molecular weight excluding hydrogens is 206 g/mol. The summed E-state index contributed by atoms with van der Waals surface area (Å²) >= 11 is 0. The van der Waals surface area contributed by atoms with Crippen LogP contribution in [0.1, 0.15) is 44.9 Å². The molecule has 0 unspecified atom stereocenters. The van der Waals surface area contributed by atoms with E-state index in [1.165, 1.54) is 21.9 Å². The van der Waals surface area contributed by atoms with Crippen molar-refractivity contribution in [3.8, 4) is 0 Å². The zero-order valence-electron chi connectivity index (χ0n) is 11.0. The summed E-state index contributed by atoms with van der Waals surface area (Å²) < 4.78 is 0. The monoisotopic (exact) mass is 225 g/mol. The van der Waals surface area contributed by atoms with Crippen molar-refractivity contribution in [3.05, 3.63) is 47.8 Å². The summed E-state index contributed by atoms with van der Waals surface area (Å²) in [5.41, 5.74) is 3.71. The van der Waals surface area contributed by atoms with E-state index < -0.39 is 0 Å². The van der Waals surface area contributed by atoms with Gasteiger partial charge in [-0.2, -0.15) is 0 Å². The van der Waals surface area contributed by atoms with E-state index in [0.29, 0.717) is 5.92 Å². The van der Waals surface area contributed by atoms with Gasteiger partial charge < -0.3 is 0 Å². The SMILES string of the molecule is C/C=C(\C)c1nccc2cc(C(C)C)ccc12. The molecule has 0 bridgehead atoms. The molecular formula is C16H19N. The predicted molar refractivity (Wildman–Crippen MR) is 75.2 cm³/mol. The molecule has 1 heterocycles. The molecule has 2 aromatic rings. The van der Waals surface area contributed by atoms with Crippen molar-refractivity contribution in [1.29, 1.82) is 0 Å². The normalized spacial score (nSPS) is 12.4. The van der Waals surface area contributed by atoms with Crippen molar-refractivity contribution in [1.82, 2.24) is 4.98 Å². The number of nitrogens with zero attached hydrogens (tertiary/aromatic N) is 1. The molecule has 0 fully saturated rings. The molecule has 1 nitrogen and oxygen atoms in total. The summed E-state index contributed by atoms with van der Waals surface area (Å²) in [5, 5.41) is 2.52. The minimum absolute atomic E-state index is 0.568. The van der Waals surface area contributed by atoms with Crippen LogP contribution in [0.15, 0.2) is 36.5 Å². The maximum Gasteiger partial charge on any atom is 0.0733 e. The fourth-order valence-electron chi connectivity index (χ4n) is 2.01. The first-order valence-corrected chi connectivity index (χ1v) is 6.15. The second-order valence-electron chi connectivity index (χ2n) is 4.77. The molecule has 0 aliphatic heterocycles. The van der Waals surface area contributed by atoms with E-state index in [1.807, 2.05) is 6.20 Å². The molecule has 17 heavy (non-hydrogen) atoms. The van der Waals surface area contributed by atoms with E-state index in [2.05, 4.69) is 63.0 Å². The van der Waals surface area contributed by atoms with Gasteiger partial charge in [0.15, 0.2) is 0 Å². The highest BCUT2D eigenvalue weighted by Gasteiger charge is 2.06. The number of rotatable bonds is 2. The Hall–Kier alpha value is -1.63. The Morgan fingerprint density at radius 3 is 2.65 bits per heavy atom. The third kappa shape index (κ3) is 2.23. The van der Waals surface area contributed by atoms with E-state index in [-0.39, 0.29) is 0 Å². The molecule has 1 aromatic heterocycles. The molecule has 0 spiro atoms. The van der Waals surface area contributed by atoms with Crippen LogP contribution in [0.2, 0.25) is 0 Å². The predicted octanol–water partition coefficient (Wildman–Crippen LogP) is 4.78. The molecule has 0 saturated heterocycles. The van der Waals surface area contributed by atoms with Crippen molar-refractivity contribution in [3.63, 3.8) is 0 Å². The van der Waals surface area contributed by atoms with Crippen LogP contribution in [-0.2, 0) is 0 Å². The first-order chi connectivity index (χ1) is 8.13. The number of hydrogen-bond donors (Lipinski definition) is 0. The number of benzene rings is 1. The highest BCUT2D eigenvalue weighted by atomic mass is 14.7. The zero-order chi connectivity index (χ0) is 12.4. The van der Waals surface area contributed by atoms with Crippen molar-refractivity contribution in [2.75, 3.05) is 0 Å². The van der Waals surface area contributed by atoms with Gasteiger partial charge in [-0.05, 0) is 42.4 Å². The lowest BCUT2D eigenvalue weighted by Gasteiger charge is -2.09. The molecule has 0 saturated carbocycles. The zero-order valence-corrected chi connectivity index (χ0v) is 11.0. The molecule has 0 atom stereocenters. The van der Waals surface area contributed by atoms with Crippen LogP contribution in [-0.4, -0.2) is 4.98 Å². The Balaban J connectivity index is 2.67. The van der Waals surface area contributed by atoms with E-state index >= 15 is 0 Å². The highest BCUT2D eigenvalue weighted by Crippen LogP contribution is 2.26. The molecule has 0 radical (unpaired) electrons. The summed E-state index contributed by atoms with van der Waals surface area (Å²) in [4.78, 5) is 4.48. The van der Waals surface area contributed by atoms with E-state index in [9.17, 15) is 0 Å². The second kappa shape index (κ2) is 4.70. The Morgan fingerprint density at radius 1 is 1.24 bits per heavy atom. The average Bonchev–Trinajstić information content (AvgIpc) is 2.36.